The molecular formula is C6H15NO2. The minimum atomic E-state index is -1.49. The summed E-state index contributed by atoms with van der Waals surface area (Å²) in [5.41, 5.74) is 5.17. The molecule has 4 N–H and O–H groups in total. The van der Waals surface area contributed by atoms with Gasteiger partial charge in [-0.1, -0.05) is 6.92 Å². The van der Waals surface area contributed by atoms with Crippen LogP contribution in [0.3, 0.4) is 0 Å². The van der Waals surface area contributed by atoms with Crippen LogP contribution in [0.1, 0.15) is 26.2 Å². The molecule has 56 valence electrons. The van der Waals surface area contributed by atoms with Crippen LogP contribution in [-0.4, -0.2) is 22.5 Å². The van der Waals surface area contributed by atoms with Crippen LogP contribution in [0.4, 0.5) is 0 Å². The van der Waals surface area contributed by atoms with Gasteiger partial charge in [-0.25, -0.2) is 0 Å². The van der Waals surface area contributed by atoms with Gasteiger partial charge in [0.15, 0.2) is 5.79 Å². The third-order valence-electron chi connectivity index (χ3n) is 1.35. The fraction of sp³-hybridized carbons (Fsp3) is 1.00. The average Bonchev–Trinajstić information content (AvgIpc) is 1.84. The van der Waals surface area contributed by atoms with Crippen molar-refractivity contribution in [3.63, 3.8) is 0 Å². The van der Waals surface area contributed by atoms with E-state index in [1.807, 2.05) is 0 Å². The number of aliphatic hydroxyl groups is 2. The zero-order chi connectivity index (χ0) is 7.33. The zero-order valence-corrected chi connectivity index (χ0v) is 5.80. The third-order valence-corrected chi connectivity index (χ3v) is 1.35. The fourth-order valence-electron chi connectivity index (χ4n) is 0.562. The number of rotatable bonds is 4. The Morgan fingerprint density at radius 2 is 2.00 bits per heavy atom. The van der Waals surface area contributed by atoms with Crippen molar-refractivity contribution in [2.45, 2.75) is 32.0 Å². The molecule has 0 aromatic heterocycles. The Labute approximate surface area is 55.5 Å². The highest BCUT2D eigenvalue weighted by Crippen LogP contribution is 2.11. The highest BCUT2D eigenvalue weighted by Gasteiger charge is 2.17. The molecule has 0 aromatic rings. The lowest BCUT2D eigenvalue weighted by Gasteiger charge is -2.18. The van der Waals surface area contributed by atoms with Gasteiger partial charge < -0.3 is 15.9 Å². The lowest BCUT2D eigenvalue weighted by atomic mass is 10.1. The molecule has 0 fully saturated rings. The van der Waals surface area contributed by atoms with Crippen LogP contribution in [-0.2, 0) is 0 Å². The standard InChI is InChI=1S/C6H15NO2/c1-2-6(8,9)4-3-5-7/h8-9H,2-5,7H2,1H3. The van der Waals surface area contributed by atoms with E-state index < -0.39 is 5.79 Å². The molecule has 0 rings (SSSR count). The second kappa shape index (κ2) is 3.82. The van der Waals surface area contributed by atoms with Gasteiger partial charge in [0.05, 0.1) is 0 Å². The number of nitrogens with two attached hydrogens (primary N) is 1. The molecule has 9 heavy (non-hydrogen) atoms. The Hall–Kier alpha value is -0.120. The monoisotopic (exact) mass is 133 g/mol. The van der Waals surface area contributed by atoms with E-state index in [0.717, 1.165) is 0 Å². The van der Waals surface area contributed by atoms with Crippen molar-refractivity contribution in [3.05, 3.63) is 0 Å². The quantitative estimate of drug-likeness (QED) is 0.466. The Morgan fingerprint density at radius 3 is 2.33 bits per heavy atom. The summed E-state index contributed by atoms with van der Waals surface area (Å²) >= 11 is 0. The molecule has 0 aliphatic rings. The predicted octanol–water partition coefficient (Wildman–Crippen LogP) is -0.184. The minimum absolute atomic E-state index is 0.368. The molecule has 0 saturated carbocycles. The summed E-state index contributed by atoms with van der Waals surface area (Å²) in [5, 5.41) is 17.9. The lowest BCUT2D eigenvalue weighted by Crippen LogP contribution is -2.27. The summed E-state index contributed by atoms with van der Waals surface area (Å²) in [5.74, 6) is -1.49. The Kier molecular flexibility index (Phi) is 3.77. The topological polar surface area (TPSA) is 66.5 Å². The molecule has 0 saturated heterocycles. The molecule has 0 radical (unpaired) electrons. The van der Waals surface area contributed by atoms with Gasteiger partial charge in [0.2, 0.25) is 0 Å². The summed E-state index contributed by atoms with van der Waals surface area (Å²) in [6.45, 7) is 2.25. The summed E-state index contributed by atoms with van der Waals surface area (Å²) in [6.07, 6.45) is 1.41. The van der Waals surface area contributed by atoms with Gasteiger partial charge in [-0.3, -0.25) is 0 Å². The second-order valence-corrected chi connectivity index (χ2v) is 2.23. The molecule has 0 bridgehead atoms. The zero-order valence-electron chi connectivity index (χ0n) is 5.80. The van der Waals surface area contributed by atoms with Crippen LogP contribution in [0.25, 0.3) is 0 Å². The third kappa shape index (κ3) is 4.39. The van der Waals surface area contributed by atoms with Gasteiger partial charge >= 0.3 is 0 Å². The van der Waals surface area contributed by atoms with E-state index in [1.165, 1.54) is 0 Å². The first-order chi connectivity index (χ1) is 4.12. The van der Waals surface area contributed by atoms with Crippen LogP contribution >= 0.6 is 0 Å². The van der Waals surface area contributed by atoms with Crippen LogP contribution in [0.5, 0.6) is 0 Å². The first kappa shape index (κ1) is 8.88. The summed E-state index contributed by atoms with van der Waals surface area (Å²) in [6, 6.07) is 0. The van der Waals surface area contributed by atoms with Crippen LogP contribution in [0, 0.1) is 0 Å². The predicted molar refractivity (Wildman–Crippen MR) is 35.7 cm³/mol. The maximum atomic E-state index is 8.95. The first-order valence-electron chi connectivity index (χ1n) is 3.27. The van der Waals surface area contributed by atoms with Crippen LogP contribution < -0.4 is 5.73 Å². The smallest absolute Gasteiger partial charge is 0.162 e. The molecule has 0 spiro atoms. The Bertz CT molecular complexity index is 73.5. The van der Waals surface area contributed by atoms with E-state index in [2.05, 4.69) is 0 Å². The lowest BCUT2D eigenvalue weighted by molar-refractivity contribution is -0.167. The van der Waals surface area contributed by atoms with Crippen LogP contribution in [0.2, 0.25) is 0 Å². The van der Waals surface area contributed by atoms with Crippen molar-refractivity contribution >= 4 is 0 Å². The van der Waals surface area contributed by atoms with Gasteiger partial charge in [-0.05, 0) is 19.4 Å². The maximum absolute atomic E-state index is 8.95. The molecular weight excluding hydrogens is 118 g/mol. The summed E-state index contributed by atoms with van der Waals surface area (Å²) in [4.78, 5) is 0. The van der Waals surface area contributed by atoms with Crippen molar-refractivity contribution < 1.29 is 10.2 Å². The molecule has 0 amide bonds. The van der Waals surface area contributed by atoms with E-state index in [-0.39, 0.29) is 0 Å². The van der Waals surface area contributed by atoms with Crippen molar-refractivity contribution in [1.82, 2.24) is 0 Å². The molecule has 0 aliphatic heterocycles. The summed E-state index contributed by atoms with van der Waals surface area (Å²) in [7, 11) is 0. The van der Waals surface area contributed by atoms with E-state index in [1.54, 1.807) is 6.92 Å². The minimum Gasteiger partial charge on any atom is -0.366 e. The molecule has 0 aromatic carbocycles. The molecule has 0 atom stereocenters. The van der Waals surface area contributed by atoms with Gasteiger partial charge in [0.1, 0.15) is 0 Å². The average molecular weight is 133 g/mol. The highest BCUT2D eigenvalue weighted by atomic mass is 16.5. The molecule has 3 nitrogen and oxygen atoms in total. The second-order valence-electron chi connectivity index (χ2n) is 2.23. The van der Waals surface area contributed by atoms with Crippen molar-refractivity contribution in [2.75, 3.05) is 6.54 Å². The van der Waals surface area contributed by atoms with E-state index in [0.29, 0.717) is 25.8 Å². The largest absolute Gasteiger partial charge is 0.366 e. The van der Waals surface area contributed by atoms with E-state index >= 15 is 0 Å². The Balaban J connectivity index is 3.33. The van der Waals surface area contributed by atoms with Crippen molar-refractivity contribution in [3.8, 4) is 0 Å². The SMILES string of the molecule is CCC(O)(O)CCCN. The van der Waals surface area contributed by atoms with Gasteiger partial charge in [-0.15, -0.1) is 0 Å². The molecule has 0 heterocycles. The fourth-order valence-corrected chi connectivity index (χ4v) is 0.562. The number of hydrogen-bond acceptors (Lipinski definition) is 3. The van der Waals surface area contributed by atoms with E-state index in [9.17, 15) is 0 Å². The maximum Gasteiger partial charge on any atom is 0.162 e. The molecule has 0 unspecified atom stereocenters. The van der Waals surface area contributed by atoms with Gasteiger partial charge in [-0.2, -0.15) is 0 Å². The highest BCUT2D eigenvalue weighted by molar-refractivity contribution is 4.61. The van der Waals surface area contributed by atoms with Gasteiger partial charge in [0.25, 0.3) is 0 Å². The van der Waals surface area contributed by atoms with Gasteiger partial charge in [0, 0.05) is 6.42 Å². The molecule has 0 aliphatic carbocycles. The normalized spacial score (nSPS) is 12.0. The Morgan fingerprint density at radius 1 is 1.44 bits per heavy atom. The number of hydrogen-bond donors (Lipinski definition) is 3. The summed E-state index contributed by atoms with van der Waals surface area (Å²) < 4.78 is 0. The van der Waals surface area contributed by atoms with Crippen LogP contribution in [0.15, 0.2) is 0 Å². The molecule has 3 heteroatoms. The first-order valence-corrected chi connectivity index (χ1v) is 3.27. The van der Waals surface area contributed by atoms with E-state index in [4.69, 9.17) is 15.9 Å². The van der Waals surface area contributed by atoms with Crippen molar-refractivity contribution in [1.29, 1.82) is 0 Å². The van der Waals surface area contributed by atoms with Crippen molar-refractivity contribution in [2.24, 2.45) is 5.73 Å².